The summed E-state index contributed by atoms with van der Waals surface area (Å²) < 4.78 is 0. The largest absolute Gasteiger partial charge is 0.367 e. The minimum absolute atomic E-state index is 1.14. The van der Waals surface area contributed by atoms with Gasteiger partial charge >= 0.3 is 0 Å². The van der Waals surface area contributed by atoms with Crippen LogP contribution in [0.15, 0.2) is 30.5 Å². The summed E-state index contributed by atoms with van der Waals surface area (Å²) >= 11 is 0. The summed E-state index contributed by atoms with van der Waals surface area (Å²) in [7, 11) is 0. The van der Waals surface area contributed by atoms with Crippen LogP contribution < -0.4 is 4.90 Å². The number of hydrogen-bond acceptors (Lipinski definition) is 2. The first-order chi connectivity index (χ1) is 8.88. The number of aromatic nitrogens is 1. The molecule has 0 bridgehead atoms. The van der Waals surface area contributed by atoms with Crippen LogP contribution in [0, 0.1) is 0 Å². The van der Waals surface area contributed by atoms with E-state index in [-0.39, 0.29) is 0 Å². The highest BCUT2D eigenvalue weighted by Gasteiger charge is 2.18. The Morgan fingerprint density at radius 3 is 2.67 bits per heavy atom. The van der Waals surface area contributed by atoms with Gasteiger partial charge in [-0.1, -0.05) is 25.1 Å². The van der Waals surface area contributed by atoms with E-state index in [2.05, 4.69) is 52.2 Å². The molecule has 0 amide bonds. The minimum Gasteiger partial charge on any atom is -0.367 e. The first kappa shape index (κ1) is 11.6. The van der Waals surface area contributed by atoms with Crippen LogP contribution in [0.25, 0.3) is 10.9 Å². The summed E-state index contributed by atoms with van der Waals surface area (Å²) in [5.74, 6) is 0. The zero-order valence-electron chi connectivity index (χ0n) is 11.0. The van der Waals surface area contributed by atoms with Gasteiger partial charge in [0.15, 0.2) is 0 Å². The third-order valence-electron chi connectivity index (χ3n) is 3.82. The molecule has 1 aliphatic heterocycles. The molecule has 3 rings (SSSR count). The molecule has 1 aromatic heterocycles. The third kappa shape index (κ3) is 2.10. The van der Waals surface area contributed by atoms with E-state index >= 15 is 0 Å². The predicted molar refractivity (Wildman–Crippen MR) is 77.2 cm³/mol. The quantitative estimate of drug-likeness (QED) is 0.895. The number of H-pyrrole nitrogens is 1. The first-order valence-electron chi connectivity index (χ1n) is 6.92. The lowest BCUT2D eigenvalue weighted by molar-refractivity contribution is 0.258. The lowest BCUT2D eigenvalue weighted by Crippen LogP contribution is -2.46. The molecule has 2 heterocycles. The summed E-state index contributed by atoms with van der Waals surface area (Å²) in [6, 6.07) is 8.56. The van der Waals surface area contributed by atoms with Gasteiger partial charge in [0.2, 0.25) is 0 Å². The third-order valence-corrected chi connectivity index (χ3v) is 3.82. The number of nitrogens with zero attached hydrogens (tertiary/aromatic N) is 2. The molecule has 1 aromatic carbocycles. The van der Waals surface area contributed by atoms with Crippen molar-refractivity contribution in [3.63, 3.8) is 0 Å². The normalized spacial score (nSPS) is 17.5. The molecule has 18 heavy (non-hydrogen) atoms. The van der Waals surface area contributed by atoms with E-state index in [1.54, 1.807) is 0 Å². The van der Waals surface area contributed by atoms with Crippen LogP contribution in [-0.4, -0.2) is 42.6 Å². The van der Waals surface area contributed by atoms with Crippen LogP contribution in [0.5, 0.6) is 0 Å². The first-order valence-corrected chi connectivity index (χ1v) is 6.92. The maximum absolute atomic E-state index is 3.37. The Balaban J connectivity index is 1.76. The zero-order valence-corrected chi connectivity index (χ0v) is 11.0. The maximum Gasteiger partial charge on any atom is 0.0624 e. The van der Waals surface area contributed by atoms with Crippen molar-refractivity contribution in [2.45, 2.75) is 13.3 Å². The number of hydrogen-bond donors (Lipinski definition) is 1. The molecule has 0 aliphatic carbocycles. The van der Waals surface area contributed by atoms with Gasteiger partial charge < -0.3 is 9.88 Å². The Kier molecular flexibility index (Phi) is 3.24. The van der Waals surface area contributed by atoms with Gasteiger partial charge in [0, 0.05) is 43.3 Å². The van der Waals surface area contributed by atoms with Crippen LogP contribution in [0.4, 0.5) is 5.69 Å². The van der Waals surface area contributed by atoms with Crippen molar-refractivity contribution in [2.24, 2.45) is 0 Å². The minimum atomic E-state index is 1.14. The molecular weight excluding hydrogens is 222 g/mol. The van der Waals surface area contributed by atoms with Crippen molar-refractivity contribution in [2.75, 3.05) is 37.6 Å². The average molecular weight is 243 g/mol. The molecule has 2 aromatic rings. The fourth-order valence-corrected chi connectivity index (χ4v) is 2.85. The standard InChI is InChI=1S/C15H21N3/c1-2-7-17-8-10-18(11-9-17)15-12-16-14-6-4-3-5-13(14)15/h3-6,12,16H,2,7-11H2,1H3. The van der Waals surface area contributed by atoms with Crippen molar-refractivity contribution < 1.29 is 0 Å². The van der Waals surface area contributed by atoms with E-state index in [4.69, 9.17) is 0 Å². The average Bonchev–Trinajstić information content (AvgIpc) is 2.84. The van der Waals surface area contributed by atoms with Crippen LogP contribution in [0.1, 0.15) is 13.3 Å². The molecule has 1 saturated heterocycles. The number of fused-ring (bicyclic) bond motifs is 1. The highest BCUT2D eigenvalue weighted by atomic mass is 15.3. The van der Waals surface area contributed by atoms with Crippen molar-refractivity contribution >= 4 is 16.6 Å². The molecule has 0 unspecified atom stereocenters. The lowest BCUT2D eigenvalue weighted by Gasteiger charge is -2.35. The van der Waals surface area contributed by atoms with E-state index in [0.717, 1.165) is 13.1 Å². The summed E-state index contributed by atoms with van der Waals surface area (Å²) in [6.45, 7) is 8.15. The van der Waals surface area contributed by atoms with E-state index in [1.165, 1.54) is 42.6 Å². The molecule has 3 nitrogen and oxygen atoms in total. The molecule has 0 radical (unpaired) electrons. The molecule has 0 spiro atoms. The topological polar surface area (TPSA) is 22.3 Å². The molecule has 1 fully saturated rings. The second-order valence-corrected chi connectivity index (χ2v) is 5.05. The zero-order chi connectivity index (χ0) is 12.4. The summed E-state index contributed by atoms with van der Waals surface area (Å²) in [6.07, 6.45) is 3.41. The molecule has 1 N–H and O–H groups in total. The molecule has 0 atom stereocenters. The Morgan fingerprint density at radius 2 is 1.89 bits per heavy atom. The molecule has 3 heteroatoms. The van der Waals surface area contributed by atoms with E-state index in [0.29, 0.717) is 0 Å². The lowest BCUT2D eigenvalue weighted by atomic mass is 10.2. The van der Waals surface area contributed by atoms with Gasteiger partial charge in [0.25, 0.3) is 0 Å². The SMILES string of the molecule is CCCN1CCN(c2c[nH]c3ccccc23)CC1. The van der Waals surface area contributed by atoms with Gasteiger partial charge in [-0.05, 0) is 19.0 Å². The van der Waals surface area contributed by atoms with Crippen molar-refractivity contribution in [3.05, 3.63) is 30.5 Å². The number of piperazine rings is 1. The van der Waals surface area contributed by atoms with Gasteiger partial charge in [0.05, 0.1) is 5.69 Å². The number of benzene rings is 1. The van der Waals surface area contributed by atoms with Crippen LogP contribution in [-0.2, 0) is 0 Å². The molecule has 0 saturated carbocycles. The number of para-hydroxylation sites is 1. The molecular formula is C15H21N3. The fourth-order valence-electron chi connectivity index (χ4n) is 2.85. The monoisotopic (exact) mass is 243 g/mol. The van der Waals surface area contributed by atoms with Crippen molar-refractivity contribution in [1.82, 2.24) is 9.88 Å². The van der Waals surface area contributed by atoms with Gasteiger partial charge in [-0.15, -0.1) is 0 Å². The van der Waals surface area contributed by atoms with Crippen molar-refractivity contribution in [3.8, 4) is 0 Å². The van der Waals surface area contributed by atoms with Crippen molar-refractivity contribution in [1.29, 1.82) is 0 Å². The molecule has 96 valence electrons. The molecule has 1 aliphatic rings. The van der Waals surface area contributed by atoms with Gasteiger partial charge in [0.1, 0.15) is 0 Å². The number of rotatable bonds is 3. The van der Waals surface area contributed by atoms with E-state index in [1.807, 2.05) is 0 Å². The Labute approximate surface area is 108 Å². The van der Waals surface area contributed by atoms with Crippen LogP contribution in [0.2, 0.25) is 0 Å². The fraction of sp³-hybridized carbons (Fsp3) is 0.467. The van der Waals surface area contributed by atoms with Gasteiger partial charge in [-0.25, -0.2) is 0 Å². The number of nitrogens with one attached hydrogen (secondary N) is 1. The smallest absolute Gasteiger partial charge is 0.0624 e. The second-order valence-electron chi connectivity index (χ2n) is 5.05. The number of anilines is 1. The second kappa shape index (κ2) is 5.02. The Hall–Kier alpha value is -1.48. The Morgan fingerprint density at radius 1 is 1.11 bits per heavy atom. The number of aromatic amines is 1. The van der Waals surface area contributed by atoms with Crippen LogP contribution >= 0.6 is 0 Å². The van der Waals surface area contributed by atoms with E-state index < -0.39 is 0 Å². The van der Waals surface area contributed by atoms with Gasteiger partial charge in [-0.2, -0.15) is 0 Å². The van der Waals surface area contributed by atoms with Gasteiger partial charge in [-0.3, -0.25) is 4.90 Å². The Bertz CT molecular complexity index is 509. The summed E-state index contributed by atoms with van der Waals surface area (Å²) in [5.41, 5.74) is 2.60. The summed E-state index contributed by atoms with van der Waals surface area (Å²) in [4.78, 5) is 8.43. The highest BCUT2D eigenvalue weighted by Crippen LogP contribution is 2.27. The predicted octanol–water partition coefficient (Wildman–Crippen LogP) is 2.70. The summed E-state index contributed by atoms with van der Waals surface area (Å²) in [5, 5.41) is 1.35. The highest BCUT2D eigenvalue weighted by molar-refractivity contribution is 5.92. The van der Waals surface area contributed by atoms with Crippen LogP contribution in [0.3, 0.4) is 0 Å². The maximum atomic E-state index is 3.37. The van der Waals surface area contributed by atoms with E-state index in [9.17, 15) is 0 Å².